The normalized spacial score (nSPS) is 17.0. The molecular weight excluding hydrogens is 533 g/mol. The lowest BCUT2D eigenvalue weighted by Crippen LogP contribution is -2.41. The Balaban J connectivity index is 1.23. The summed E-state index contributed by atoms with van der Waals surface area (Å²) in [5.41, 5.74) is 8.97. The summed E-state index contributed by atoms with van der Waals surface area (Å²) >= 11 is 1.86. The van der Waals surface area contributed by atoms with Crippen molar-refractivity contribution < 1.29 is 9.31 Å². The van der Waals surface area contributed by atoms with Crippen LogP contribution in [0, 0.1) is 0 Å². The van der Waals surface area contributed by atoms with Crippen molar-refractivity contribution in [3.05, 3.63) is 120 Å². The molecule has 1 aromatic heterocycles. The van der Waals surface area contributed by atoms with Crippen molar-refractivity contribution >= 4 is 61.2 Å². The second-order valence-electron chi connectivity index (χ2n) is 12.5. The number of fused-ring (bicyclic) bond motifs is 5. The first kappa shape index (κ1) is 25.8. The molecule has 1 saturated heterocycles. The molecular formula is C37H32BNO2S. The zero-order valence-electron chi connectivity index (χ0n) is 24.3. The van der Waals surface area contributed by atoms with Crippen LogP contribution in [0.1, 0.15) is 38.8 Å². The summed E-state index contributed by atoms with van der Waals surface area (Å²) in [6.07, 6.45) is 0.846. The first-order valence-corrected chi connectivity index (χ1v) is 15.5. The van der Waals surface area contributed by atoms with Gasteiger partial charge in [-0.2, -0.15) is 0 Å². The van der Waals surface area contributed by atoms with Gasteiger partial charge in [0.1, 0.15) is 0 Å². The van der Waals surface area contributed by atoms with Gasteiger partial charge in [0.05, 0.1) is 11.2 Å². The lowest BCUT2D eigenvalue weighted by molar-refractivity contribution is 0.00578. The van der Waals surface area contributed by atoms with E-state index in [0.29, 0.717) is 0 Å². The second kappa shape index (κ2) is 9.30. The Hall–Kier alpha value is -3.90. The molecule has 0 amide bonds. The topological polar surface area (TPSA) is 21.7 Å². The molecule has 0 N–H and O–H groups in total. The zero-order valence-corrected chi connectivity index (χ0v) is 25.2. The number of benzene rings is 5. The largest absolute Gasteiger partial charge is 0.494 e. The molecule has 5 aromatic carbocycles. The van der Waals surface area contributed by atoms with Crippen molar-refractivity contribution in [1.29, 1.82) is 0 Å². The molecule has 3 heterocycles. The van der Waals surface area contributed by atoms with Crippen LogP contribution in [0.5, 0.6) is 0 Å². The number of rotatable bonds is 3. The first-order chi connectivity index (χ1) is 20.3. The Kier molecular flexibility index (Phi) is 5.71. The molecule has 3 nitrogen and oxygen atoms in total. The molecule has 2 aliphatic rings. The third kappa shape index (κ3) is 4.03. The van der Waals surface area contributed by atoms with E-state index < -0.39 is 0 Å². The first-order valence-electron chi connectivity index (χ1n) is 14.7. The van der Waals surface area contributed by atoms with Gasteiger partial charge in [-0.25, -0.2) is 0 Å². The van der Waals surface area contributed by atoms with Crippen LogP contribution in [-0.2, 0) is 15.7 Å². The lowest BCUT2D eigenvalue weighted by Gasteiger charge is -2.34. The zero-order chi connectivity index (χ0) is 28.6. The number of nitrogens with zero attached hydrogens (tertiary/aromatic N) is 1. The van der Waals surface area contributed by atoms with Crippen molar-refractivity contribution in [2.24, 2.45) is 0 Å². The molecule has 206 valence electrons. The van der Waals surface area contributed by atoms with Crippen LogP contribution in [0.15, 0.2) is 109 Å². The fourth-order valence-electron chi connectivity index (χ4n) is 6.31. The van der Waals surface area contributed by atoms with Gasteiger partial charge in [-0.15, -0.1) is 11.3 Å². The summed E-state index contributed by atoms with van der Waals surface area (Å²) in [5, 5.41) is 2.66. The van der Waals surface area contributed by atoms with Crippen LogP contribution >= 0.6 is 11.3 Å². The minimum atomic E-state index is -0.384. The van der Waals surface area contributed by atoms with Gasteiger partial charge in [-0.3, -0.25) is 0 Å². The summed E-state index contributed by atoms with van der Waals surface area (Å²) in [7, 11) is -0.384. The maximum atomic E-state index is 6.42. The van der Waals surface area contributed by atoms with Crippen LogP contribution in [0.2, 0.25) is 0 Å². The van der Waals surface area contributed by atoms with E-state index in [2.05, 4.69) is 142 Å². The predicted octanol–water partition coefficient (Wildman–Crippen LogP) is 9.39. The highest BCUT2D eigenvalue weighted by Crippen LogP contribution is 2.45. The summed E-state index contributed by atoms with van der Waals surface area (Å²) in [4.78, 5) is 2.39. The van der Waals surface area contributed by atoms with Gasteiger partial charge in [0, 0.05) is 43.7 Å². The Morgan fingerprint density at radius 2 is 1.24 bits per heavy atom. The molecule has 0 bridgehead atoms. The van der Waals surface area contributed by atoms with Gasteiger partial charge in [-0.05, 0) is 104 Å². The lowest BCUT2D eigenvalue weighted by atomic mass is 9.77. The Morgan fingerprint density at radius 3 is 2.02 bits per heavy atom. The van der Waals surface area contributed by atoms with Gasteiger partial charge in [0.2, 0.25) is 0 Å². The molecule has 6 aromatic rings. The van der Waals surface area contributed by atoms with E-state index in [1.54, 1.807) is 0 Å². The maximum absolute atomic E-state index is 6.42. The fourth-order valence-corrected chi connectivity index (χ4v) is 7.40. The van der Waals surface area contributed by atoms with Crippen LogP contribution in [-0.4, -0.2) is 18.3 Å². The third-order valence-electron chi connectivity index (χ3n) is 9.30. The smallest absolute Gasteiger partial charge is 0.399 e. The SMILES string of the molecule is CC1(C)OB(c2ccc3c(c2)Cc2cc(-c4ccc5sc6ccccc6c5c4)ccc2N3c2ccccc2)OC1(C)C. The van der Waals surface area contributed by atoms with Crippen LogP contribution in [0.4, 0.5) is 17.1 Å². The standard InChI is InChI=1S/C37H32BNO2S/c1-36(2)37(3,4)41-38(40-36)28-16-18-33-27(22-28)21-26-20-24(14-17-32(26)39(33)29-10-6-5-7-11-29)25-15-19-35-31(23-25)30-12-8-9-13-34(30)42-35/h5-20,22-23H,21H2,1-4H3. The molecule has 0 saturated carbocycles. The molecule has 1 fully saturated rings. The molecule has 0 spiro atoms. The summed E-state index contributed by atoms with van der Waals surface area (Å²) in [6, 6.07) is 39.9. The van der Waals surface area contributed by atoms with E-state index in [0.717, 1.165) is 17.6 Å². The van der Waals surface area contributed by atoms with Crippen LogP contribution < -0.4 is 10.4 Å². The second-order valence-corrected chi connectivity index (χ2v) is 13.6. The van der Waals surface area contributed by atoms with Gasteiger partial charge in [0.15, 0.2) is 0 Å². The van der Waals surface area contributed by atoms with Gasteiger partial charge >= 0.3 is 7.12 Å². The molecule has 0 aliphatic carbocycles. The maximum Gasteiger partial charge on any atom is 0.494 e. The van der Waals surface area contributed by atoms with E-state index in [1.807, 2.05) is 11.3 Å². The van der Waals surface area contributed by atoms with E-state index in [1.165, 1.54) is 53.8 Å². The van der Waals surface area contributed by atoms with Crippen molar-refractivity contribution in [2.45, 2.75) is 45.3 Å². The Morgan fingerprint density at radius 1 is 0.619 bits per heavy atom. The summed E-state index contributed by atoms with van der Waals surface area (Å²) in [5.74, 6) is 0. The van der Waals surface area contributed by atoms with Crippen molar-refractivity contribution in [1.82, 2.24) is 0 Å². The average Bonchev–Trinajstić information content (AvgIpc) is 3.47. The number of thiophene rings is 1. The number of hydrogen-bond donors (Lipinski definition) is 0. The summed E-state index contributed by atoms with van der Waals surface area (Å²) < 4.78 is 15.5. The minimum Gasteiger partial charge on any atom is -0.399 e. The van der Waals surface area contributed by atoms with E-state index in [9.17, 15) is 0 Å². The van der Waals surface area contributed by atoms with Gasteiger partial charge < -0.3 is 14.2 Å². The number of para-hydroxylation sites is 1. The third-order valence-corrected chi connectivity index (χ3v) is 10.4. The van der Waals surface area contributed by atoms with Crippen LogP contribution in [0.25, 0.3) is 31.3 Å². The molecule has 5 heteroatoms. The number of anilines is 3. The Labute approximate surface area is 251 Å². The molecule has 0 atom stereocenters. The van der Waals surface area contributed by atoms with Crippen molar-refractivity contribution in [3.63, 3.8) is 0 Å². The highest BCUT2D eigenvalue weighted by atomic mass is 32.1. The summed E-state index contributed by atoms with van der Waals surface area (Å²) in [6.45, 7) is 8.43. The monoisotopic (exact) mass is 565 g/mol. The van der Waals surface area contributed by atoms with E-state index >= 15 is 0 Å². The molecule has 2 aliphatic heterocycles. The van der Waals surface area contributed by atoms with Gasteiger partial charge in [0.25, 0.3) is 0 Å². The highest BCUT2D eigenvalue weighted by molar-refractivity contribution is 7.25. The van der Waals surface area contributed by atoms with Crippen molar-refractivity contribution in [3.8, 4) is 11.1 Å². The fraction of sp³-hybridized carbons (Fsp3) is 0.189. The molecule has 8 rings (SSSR count). The number of hydrogen-bond acceptors (Lipinski definition) is 4. The molecule has 42 heavy (non-hydrogen) atoms. The minimum absolute atomic E-state index is 0.375. The van der Waals surface area contributed by atoms with Crippen molar-refractivity contribution in [2.75, 3.05) is 4.90 Å². The highest BCUT2D eigenvalue weighted by Gasteiger charge is 2.51. The molecule has 0 unspecified atom stereocenters. The quantitative estimate of drug-likeness (QED) is 0.199. The van der Waals surface area contributed by atoms with Crippen LogP contribution in [0.3, 0.4) is 0 Å². The molecule has 0 radical (unpaired) electrons. The van der Waals surface area contributed by atoms with E-state index in [-0.39, 0.29) is 18.3 Å². The predicted molar refractivity (Wildman–Crippen MR) is 178 cm³/mol. The van der Waals surface area contributed by atoms with Gasteiger partial charge in [-0.1, -0.05) is 60.7 Å². The average molecular weight is 566 g/mol. The van der Waals surface area contributed by atoms with E-state index in [4.69, 9.17) is 9.31 Å². The Bertz CT molecular complexity index is 1980.